The van der Waals surface area contributed by atoms with E-state index in [0.717, 1.165) is 14.2 Å². The van der Waals surface area contributed by atoms with Gasteiger partial charge in [-0.1, -0.05) is 12.1 Å². The summed E-state index contributed by atoms with van der Waals surface area (Å²) >= 11 is 0. The number of carbonyl (C=O) groups is 4. The summed E-state index contributed by atoms with van der Waals surface area (Å²) in [5.41, 5.74) is -0.766. The molecule has 24 heavy (non-hydrogen) atoms. The molecular weight excluding hydrogens is 316 g/mol. The maximum atomic E-state index is 12.2. The molecule has 1 fully saturated rings. The van der Waals surface area contributed by atoms with Crippen LogP contribution in [0.1, 0.15) is 28.8 Å². The second-order valence-electron chi connectivity index (χ2n) is 5.33. The normalized spacial score (nSPS) is 20.6. The third kappa shape index (κ3) is 2.55. The van der Waals surface area contributed by atoms with Gasteiger partial charge in [0.05, 0.1) is 32.3 Å². The molecule has 128 valence electrons. The zero-order valence-corrected chi connectivity index (χ0v) is 13.6. The van der Waals surface area contributed by atoms with Gasteiger partial charge in [-0.15, -0.1) is 0 Å². The van der Waals surface area contributed by atoms with E-state index in [4.69, 9.17) is 14.2 Å². The molecule has 0 heterocycles. The maximum absolute atomic E-state index is 12.2. The van der Waals surface area contributed by atoms with Crippen molar-refractivity contribution in [2.45, 2.75) is 12.8 Å². The Morgan fingerprint density at radius 3 is 2.04 bits per heavy atom. The molecule has 2 atom stereocenters. The van der Waals surface area contributed by atoms with Crippen LogP contribution in [0.5, 0.6) is 0 Å². The van der Waals surface area contributed by atoms with E-state index in [1.807, 2.05) is 0 Å². The summed E-state index contributed by atoms with van der Waals surface area (Å²) in [6.07, 6.45) is 0.553. The number of ether oxygens (including phenoxy) is 3. The monoisotopic (exact) mass is 334 g/mol. The average Bonchev–Trinajstić information content (AvgIpc) is 3.30. The molecule has 7 heteroatoms. The number of rotatable bonds is 6. The number of esters is 3. The van der Waals surface area contributed by atoms with E-state index in [1.165, 1.54) is 12.1 Å². The fourth-order valence-corrected chi connectivity index (χ4v) is 3.06. The van der Waals surface area contributed by atoms with Gasteiger partial charge in [0.1, 0.15) is 6.29 Å². The minimum Gasteiger partial charge on any atom is -0.468 e. The van der Waals surface area contributed by atoms with E-state index in [0.29, 0.717) is 17.4 Å². The minimum absolute atomic E-state index is 0.254. The van der Waals surface area contributed by atoms with Crippen molar-refractivity contribution in [2.75, 3.05) is 20.8 Å². The van der Waals surface area contributed by atoms with Gasteiger partial charge in [0.2, 0.25) is 0 Å². The molecular formula is C17H18O7. The summed E-state index contributed by atoms with van der Waals surface area (Å²) in [4.78, 5) is 47.4. The Bertz CT molecular complexity index is 646. The van der Waals surface area contributed by atoms with Crippen LogP contribution in [0.4, 0.5) is 0 Å². The highest BCUT2D eigenvalue weighted by Gasteiger charge is 2.77. The van der Waals surface area contributed by atoms with E-state index in [-0.39, 0.29) is 6.61 Å². The Balaban J connectivity index is 2.36. The highest BCUT2D eigenvalue weighted by molar-refractivity contribution is 6.09. The Hall–Kier alpha value is -2.70. The molecule has 0 aromatic heterocycles. The second-order valence-corrected chi connectivity index (χ2v) is 5.33. The average molecular weight is 334 g/mol. The van der Waals surface area contributed by atoms with Gasteiger partial charge in [0, 0.05) is 5.92 Å². The molecule has 1 aromatic carbocycles. The summed E-state index contributed by atoms with van der Waals surface area (Å²) in [6.45, 7) is 1.95. The molecule has 7 nitrogen and oxygen atoms in total. The van der Waals surface area contributed by atoms with Crippen molar-refractivity contribution in [2.24, 2.45) is 11.3 Å². The van der Waals surface area contributed by atoms with E-state index in [2.05, 4.69) is 0 Å². The van der Waals surface area contributed by atoms with Crippen molar-refractivity contribution in [1.29, 1.82) is 0 Å². The minimum atomic E-state index is -1.67. The van der Waals surface area contributed by atoms with Crippen LogP contribution in [0.25, 0.3) is 0 Å². The van der Waals surface area contributed by atoms with Gasteiger partial charge in [-0.2, -0.15) is 0 Å². The van der Waals surface area contributed by atoms with Crippen LogP contribution in [-0.2, 0) is 28.6 Å². The molecule has 0 N–H and O–H groups in total. The van der Waals surface area contributed by atoms with E-state index >= 15 is 0 Å². The number of hydrogen-bond donors (Lipinski definition) is 0. The summed E-state index contributed by atoms with van der Waals surface area (Å²) in [5.74, 6) is -3.66. The van der Waals surface area contributed by atoms with Crippen LogP contribution in [0.2, 0.25) is 0 Å². The first kappa shape index (κ1) is 17.7. The van der Waals surface area contributed by atoms with Crippen LogP contribution in [0.3, 0.4) is 0 Å². The SMILES string of the molecule is CCOC(=O)c1ccc([C@@H]2[C@@H](C=O)C2(C(=O)OC)C(=O)OC)cc1. The van der Waals surface area contributed by atoms with Crippen molar-refractivity contribution in [3.8, 4) is 0 Å². The highest BCUT2D eigenvalue weighted by atomic mass is 16.5. The molecule has 0 bridgehead atoms. The molecule has 0 saturated heterocycles. The summed E-state index contributed by atoms with van der Waals surface area (Å²) in [7, 11) is 2.29. The number of aldehydes is 1. The highest BCUT2D eigenvalue weighted by Crippen LogP contribution is 2.65. The molecule has 0 unspecified atom stereocenters. The van der Waals surface area contributed by atoms with Crippen LogP contribution < -0.4 is 0 Å². The van der Waals surface area contributed by atoms with Gasteiger partial charge >= 0.3 is 17.9 Å². The largest absolute Gasteiger partial charge is 0.468 e. The lowest BCUT2D eigenvalue weighted by atomic mass is 9.98. The van der Waals surface area contributed by atoms with Crippen molar-refractivity contribution >= 4 is 24.2 Å². The molecule has 0 aliphatic heterocycles. The lowest BCUT2D eigenvalue weighted by Crippen LogP contribution is -2.32. The Labute approximate surface area is 138 Å². The molecule has 1 aromatic rings. The number of benzene rings is 1. The lowest BCUT2D eigenvalue weighted by Gasteiger charge is -2.12. The predicted octanol–water partition coefficient (Wildman–Crippen LogP) is 1.11. The van der Waals surface area contributed by atoms with Crippen molar-refractivity contribution in [3.63, 3.8) is 0 Å². The zero-order chi connectivity index (χ0) is 17.9. The van der Waals surface area contributed by atoms with Gasteiger partial charge in [-0.3, -0.25) is 9.59 Å². The first-order valence-electron chi connectivity index (χ1n) is 7.38. The lowest BCUT2D eigenvalue weighted by molar-refractivity contribution is -0.162. The predicted molar refractivity (Wildman–Crippen MR) is 81.2 cm³/mol. The molecule has 0 amide bonds. The zero-order valence-electron chi connectivity index (χ0n) is 13.6. The smallest absolute Gasteiger partial charge is 0.338 e. The number of hydrogen-bond acceptors (Lipinski definition) is 7. The van der Waals surface area contributed by atoms with Gasteiger partial charge < -0.3 is 19.0 Å². The fourth-order valence-electron chi connectivity index (χ4n) is 3.06. The Kier molecular flexibility index (Phi) is 5.02. The third-order valence-corrected chi connectivity index (χ3v) is 4.24. The first-order chi connectivity index (χ1) is 11.5. The van der Waals surface area contributed by atoms with Gasteiger partial charge in [-0.25, -0.2) is 4.79 Å². The second kappa shape index (κ2) is 6.82. The van der Waals surface area contributed by atoms with Crippen molar-refractivity contribution in [3.05, 3.63) is 35.4 Å². The number of methoxy groups -OCH3 is 2. The summed E-state index contributed by atoms with van der Waals surface area (Å²) < 4.78 is 14.3. The molecule has 2 rings (SSSR count). The van der Waals surface area contributed by atoms with Crippen LogP contribution in [-0.4, -0.2) is 45.0 Å². The van der Waals surface area contributed by atoms with Crippen molar-refractivity contribution < 1.29 is 33.4 Å². The third-order valence-electron chi connectivity index (χ3n) is 4.24. The van der Waals surface area contributed by atoms with Crippen LogP contribution in [0, 0.1) is 11.3 Å². The van der Waals surface area contributed by atoms with Crippen LogP contribution >= 0.6 is 0 Å². The molecule has 1 saturated carbocycles. The fraction of sp³-hybridized carbons (Fsp3) is 0.412. The molecule has 0 radical (unpaired) electrons. The van der Waals surface area contributed by atoms with Crippen LogP contribution in [0.15, 0.2) is 24.3 Å². The van der Waals surface area contributed by atoms with E-state index in [1.54, 1.807) is 19.1 Å². The van der Waals surface area contributed by atoms with Gasteiger partial charge in [0.25, 0.3) is 0 Å². The van der Waals surface area contributed by atoms with E-state index in [9.17, 15) is 19.2 Å². The Morgan fingerprint density at radius 1 is 1.08 bits per heavy atom. The van der Waals surface area contributed by atoms with Crippen molar-refractivity contribution in [1.82, 2.24) is 0 Å². The molecule has 1 aliphatic carbocycles. The maximum Gasteiger partial charge on any atom is 0.338 e. The standard InChI is InChI=1S/C17H18O7/c1-4-24-14(19)11-7-5-10(6-8-11)13-12(9-18)17(13,15(20)22-2)16(21)23-3/h5-9,12-13H,4H2,1-3H3/t12-,13-/m1/s1. The Morgan fingerprint density at radius 2 is 1.62 bits per heavy atom. The van der Waals surface area contributed by atoms with Gasteiger partial charge in [-0.05, 0) is 24.6 Å². The van der Waals surface area contributed by atoms with E-state index < -0.39 is 35.2 Å². The first-order valence-corrected chi connectivity index (χ1v) is 7.38. The quantitative estimate of drug-likeness (QED) is 0.333. The topological polar surface area (TPSA) is 96.0 Å². The van der Waals surface area contributed by atoms with Gasteiger partial charge in [0.15, 0.2) is 5.41 Å². The number of carbonyl (C=O) groups excluding carboxylic acids is 4. The molecule has 0 spiro atoms. The molecule has 1 aliphatic rings. The summed E-state index contributed by atoms with van der Waals surface area (Å²) in [6, 6.07) is 6.21. The summed E-state index contributed by atoms with van der Waals surface area (Å²) in [5, 5.41) is 0.